The second kappa shape index (κ2) is 4.71. The lowest BCUT2D eigenvalue weighted by Crippen LogP contribution is -2.29. The van der Waals surface area contributed by atoms with Crippen molar-refractivity contribution >= 4 is 11.6 Å². The molecule has 21 heavy (non-hydrogen) atoms. The van der Waals surface area contributed by atoms with Gasteiger partial charge in [-0.25, -0.2) is 0 Å². The Hall–Kier alpha value is -2.13. The SMILES string of the molecule is Cc1cccc2c1NC(=O)C2NC1CC1c1ccccc1. The van der Waals surface area contributed by atoms with Gasteiger partial charge < -0.3 is 5.32 Å². The third-order valence-corrected chi connectivity index (χ3v) is 4.53. The minimum absolute atomic E-state index is 0.0676. The van der Waals surface area contributed by atoms with Crippen LogP contribution >= 0.6 is 0 Å². The van der Waals surface area contributed by atoms with Crippen LogP contribution in [0.2, 0.25) is 0 Å². The van der Waals surface area contributed by atoms with Gasteiger partial charge in [0.15, 0.2) is 0 Å². The summed E-state index contributed by atoms with van der Waals surface area (Å²) in [6.45, 7) is 2.03. The molecule has 0 saturated heterocycles. The molecular weight excluding hydrogens is 260 g/mol. The third-order valence-electron chi connectivity index (χ3n) is 4.53. The van der Waals surface area contributed by atoms with Crippen molar-refractivity contribution in [3.05, 3.63) is 65.2 Å². The Bertz CT molecular complexity index is 696. The molecule has 3 nitrogen and oxygen atoms in total. The van der Waals surface area contributed by atoms with Crippen molar-refractivity contribution in [1.29, 1.82) is 0 Å². The Kier molecular flexibility index (Phi) is 2.82. The number of amides is 1. The second-order valence-electron chi connectivity index (χ2n) is 5.99. The normalized spacial score (nSPS) is 26.3. The van der Waals surface area contributed by atoms with E-state index in [4.69, 9.17) is 0 Å². The van der Waals surface area contributed by atoms with E-state index in [1.165, 1.54) is 5.56 Å². The molecule has 2 aromatic rings. The number of carbonyl (C=O) groups is 1. The van der Waals surface area contributed by atoms with E-state index in [1.807, 2.05) is 31.2 Å². The zero-order valence-corrected chi connectivity index (χ0v) is 12.0. The molecule has 2 aromatic carbocycles. The number of hydrogen-bond acceptors (Lipinski definition) is 2. The predicted molar refractivity (Wildman–Crippen MR) is 83.3 cm³/mol. The molecule has 1 heterocycles. The first-order valence-electron chi connectivity index (χ1n) is 7.45. The molecule has 0 aromatic heterocycles. The van der Waals surface area contributed by atoms with E-state index < -0.39 is 0 Å². The molecule has 1 saturated carbocycles. The molecule has 4 rings (SSSR count). The quantitative estimate of drug-likeness (QED) is 0.905. The highest BCUT2D eigenvalue weighted by Gasteiger charge is 2.42. The lowest BCUT2D eigenvalue weighted by molar-refractivity contribution is -0.117. The zero-order chi connectivity index (χ0) is 14.4. The molecule has 3 heteroatoms. The van der Waals surface area contributed by atoms with Crippen LogP contribution in [0.4, 0.5) is 5.69 Å². The summed E-state index contributed by atoms with van der Waals surface area (Å²) in [5.74, 6) is 0.603. The standard InChI is InChI=1S/C18H18N2O/c1-11-6-5-9-13-16(11)20-18(21)17(13)19-15-10-14(15)12-7-3-2-4-8-12/h2-9,14-15,17,19H,10H2,1H3,(H,20,21). The largest absolute Gasteiger partial charge is 0.324 e. The van der Waals surface area contributed by atoms with Gasteiger partial charge in [-0.2, -0.15) is 0 Å². The lowest BCUT2D eigenvalue weighted by Gasteiger charge is -2.11. The molecule has 1 aliphatic heterocycles. The number of aryl methyl sites for hydroxylation is 1. The number of hydrogen-bond donors (Lipinski definition) is 2. The average Bonchev–Trinajstić information content (AvgIpc) is 3.20. The highest BCUT2D eigenvalue weighted by molar-refractivity contribution is 6.03. The highest BCUT2D eigenvalue weighted by Crippen LogP contribution is 2.43. The predicted octanol–water partition coefficient (Wildman–Crippen LogP) is 3.13. The summed E-state index contributed by atoms with van der Waals surface area (Å²) in [5.41, 5.74) is 4.55. The summed E-state index contributed by atoms with van der Waals surface area (Å²) < 4.78 is 0. The third kappa shape index (κ3) is 2.14. The molecule has 2 N–H and O–H groups in total. The smallest absolute Gasteiger partial charge is 0.246 e. The summed E-state index contributed by atoms with van der Waals surface area (Å²) in [7, 11) is 0. The number of rotatable bonds is 3. The molecule has 2 aliphatic rings. The van der Waals surface area contributed by atoms with Gasteiger partial charge in [0.2, 0.25) is 5.91 Å². The van der Waals surface area contributed by atoms with Gasteiger partial charge in [0, 0.05) is 23.2 Å². The van der Waals surface area contributed by atoms with Gasteiger partial charge in [-0.15, -0.1) is 0 Å². The van der Waals surface area contributed by atoms with Crippen molar-refractivity contribution in [3.8, 4) is 0 Å². The molecular formula is C18H18N2O. The number of anilines is 1. The number of para-hydroxylation sites is 1. The Labute approximate surface area is 124 Å². The average molecular weight is 278 g/mol. The van der Waals surface area contributed by atoms with Crippen LogP contribution < -0.4 is 10.6 Å². The van der Waals surface area contributed by atoms with Crippen molar-refractivity contribution in [2.75, 3.05) is 5.32 Å². The first kappa shape index (κ1) is 12.6. The van der Waals surface area contributed by atoms with Gasteiger partial charge >= 0.3 is 0 Å². The molecule has 3 atom stereocenters. The Morgan fingerprint density at radius 2 is 1.90 bits per heavy atom. The van der Waals surface area contributed by atoms with Crippen molar-refractivity contribution in [1.82, 2.24) is 5.32 Å². The van der Waals surface area contributed by atoms with E-state index in [9.17, 15) is 4.79 Å². The molecule has 1 aliphatic carbocycles. The van der Waals surface area contributed by atoms with Crippen LogP contribution in [0.15, 0.2) is 48.5 Å². The van der Waals surface area contributed by atoms with Crippen LogP contribution in [0.5, 0.6) is 0 Å². The minimum Gasteiger partial charge on any atom is -0.324 e. The van der Waals surface area contributed by atoms with Crippen molar-refractivity contribution in [3.63, 3.8) is 0 Å². The van der Waals surface area contributed by atoms with Gasteiger partial charge in [-0.1, -0.05) is 48.5 Å². The van der Waals surface area contributed by atoms with E-state index in [-0.39, 0.29) is 11.9 Å². The summed E-state index contributed by atoms with van der Waals surface area (Å²) in [5, 5.41) is 6.52. The summed E-state index contributed by atoms with van der Waals surface area (Å²) in [6, 6.07) is 16.8. The maximum atomic E-state index is 12.2. The van der Waals surface area contributed by atoms with Crippen LogP contribution in [0.3, 0.4) is 0 Å². The fourth-order valence-electron chi connectivity index (χ4n) is 3.27. The maximum absolute atomic E-state index is 12.2. The minimum atomic E-state index is -0.210. The fraction of sp³-hybridized carbons (Fsp3) is 0.278. The first-order valence-corrected chi connectivity index (χ1v) is 7.45. The Morgan fingerprint density at radius 1 is 1.10 bits per heavy atom. The molecule has 106 valence electrons. The van der Waals surface area contributed by atoms with E-state index in [2.05, 4.69) is 34.9 Å². The van der Waals surface area contributed by atoms with Crippen LogP contribution in [-0.4, -0.2) is 11.9 Å². The van der Waals surface area contributed by atoms with Crippen LogP contribution in [0.25, 0.3) is 0 Å². The zero-order valence-electron chi connectivity index (χ0n) is 12.0. The van der Waals surface area contributed by atoms with E-state index in [0.29, 0.717) is 12.0 Å². The number of fused-ring (bicyclic) bond motifs is 1. The van der Waals surface area contributed by atoms with Crippen LogP contribution in [-0.2, 0) is 4.79 Å². The molecule has 0 bridgehead atoms. The van der Waals surface area contributed by atoms with E-state index >= 15 is 0 Å². The Balaban J connectivity index is 1.53. The topological polar surface area (TPSA) is 41.1 Å². The molecule has 1 fully saturated rings. The molecule has 3 unspecified atom stereocenters. The molecule has 0 radical (unpaired) electrons. The van der Waals surface area contributed by atoms with Crippen molar-refractivity contribution in [2.24, 2.45) is 0 Å². The van der Waals surface area contributed by atoms with Gasteiger partial charge in [0.1, 0.15) is 6.04 Å². The summed E-state index contributed by atoms with van der Waals surface area (Å²) in [6.07, 6.45) is 1.11. The summed E-state index contributed by atoms with van der Waals surface area (Å²) >= 11 is 0. The van der Waals surface area contributed by atoms with E-state index in [0.717, 1.165) is 23.2 Å². The van der Waals surface area contributed by atoms with Gasteiger partial charge in [-0.3, -0.25) is 10.1 Å². The van der Waals surface area contributed by atoms with Gasteiger partial charge in [0.25, 0.3) is 0 Å². The number of benzene rings is 2. The lowest BCUT2D eigenvalue weighted by atomic mass is 10.0. The maximum Gasteiger partial charge on any atom is 0.246 e. The first-order chi connectivity index (χ1) is 10.2. The number of carbonyl (C=O) groups excluding carboxylic acids is 1. The van der Waals surface area contributed by atoms with Gasteiger partial charge in [-0.05, 0) is 24.5 Å². The van der Waals surface area contributed by atoms with Crippen molar-refractivity contribution in [2.45, 2.75) is 31.3 Å². The molecule has 0 spiro atoms. The summed E-state index contributed by atoms with van der Waals surface area (Å²) in [4.78, 5) is 12.2. The number of nitrogens with one attached hydrogen (secondary N) is 2. The molecule has 1 amide bonds. The van der Waals surface area contributed by atoms with Crippen molar-refractivity contribution < 1.29 is 4.79 Å². The van der Waals surface area contributed by atoms with Crippen LogP contribution in [0.1, 0.15) is 35.1 Å². The van der Waals surface area contributed by atoms with Crippen LogP contribution in [0, 0.1) is 6.92 Å². The second-order valence-corrected chi connectivity index (χ2v) is 5.99. The van der Waals surface area contributed by atoms with E-state index in [1.54, 1.807) is 0 Å². The van der Waals surface area contributed by atoms with Gasteiger partial charge in [0.05, 0.1) is 0 Å². The Morgan fingerprint density at radius 3 is 2.71 bits per heavy atom. The fourth-order valence-corrected chi connectivity index (χ4v) is 3.27. The monoisotopic (exact) mass is 278 g/mol. The highest BCUT2D eigenvalue weighted by atomic mass is 16.2.